The molecule has 0 bridgehead atoms. The van der Waals surface area contributed by atoms with E-state index in [1.54, 1.807) is 35.9 Å². The van der Waals surface area contributed by atoms with Crippen molar-refractivity contribution in [2.75, 3.05) is 24.6 Å². The van der Waals surface area contributed by atoms with Crippen LogP contribution in [0.15, 0.2) is 29.9 Å². The van der Waals surface area contributed by atoms with Gasteiger partial charge in [0, 0.05) is 24.3 Å². The Balaban J connectivity index is 1.56. The molecule has 0 radical (unpaired) electrons. The quantitative estimate of drug-likeness (QED) is 0.839. The number of piperidine rings is 1. The van der Waals surface area contributed by atoms with Crippen LogP contribution in [0.4, 0.5) is 5.82 Å². The molecule has 4 heterocycles. The van der Waals surface area contributed by atoms with E-state index in [-0.39, 0.29) is 31.0 Å². The van der Waals surface area contributed by atoms with Crippen molar-refractivity contribution >= 4 is 29.0 Å². The van der Waals surface area contributed by atoms with Crippen LogP contribution >= 0.6 is 11.3 Å². The maximum absolute atomic E-state index is 13.0. The zero-order valence-corrected chi connectivity index (χ0v) is 14.4. The van der Waals surface area contributed by atoms with Gasteiger partial charge in [-0.15, -0.1) is 11.3 Å². The fraction of sp³-hybridized carbons (Fsp3) is 0.412. The van der Waals surface area contributed by atoms with Crippen LogP contribution in [0.1, 0.15) is 30.3 Å². The first-order chi connectivity index (χ1) is 12.2. The standard InChI is InChI=1S/C17H18N4O3S/c22-14(20-8-2-1-4-12(20)17-19-7-9-25-17)10-21-15(23)11-24-13-5-3-6-18-16(13)21/h3,5-7,9,12H,1-2,4,8,10-11H2/t12-/m1/s1. The van der Waals surface area contributed by atoms with Crippen molar-refractivity contribution in [3.63, 3.8) is 0 Å². The summed E-state index contributed by atoms with van der Waals surface area (Å²) < 4.78 is 5.39. The predicted octanol–water partition coefficient (Wildman–Crippen LogP) is 2.02. The minimum Gasteiger partial charge on any atom is -0.480 e. The number of aromatic nitrogens is 2. The van der Waals surface area contributed by atoms with Crippen molar-refractivity contribution in [1.82, 2.24) is 14.9 Å². The number of amides is 2. The van der Waals surface area contributed by atoms with Crippen LogP contribution in [0.2, 0.25) is 0 Å². The van der Waals surface area contributed by atoms with Crippen LogP contribution in [-0.2, 0) is 9.59 Å². The SMILES string of the molecule is O=C1COc2cccnc2N1CC(=O)N1CCCC[C@@H]1c1nccs1. The van der Waals surface area contributed by atoms with E-state index >= 15 is 0 Å². The largest absolute Gasteiger partial charge is 0.480 e. The summed E-state index contributed by atoms with van der Waals surface area (Å²) in [5.41, 5.74) is 0. The Labute approximate surface area is 149 Å². The van der Waals surface area contributed by atoms with Gasteiger partial charge in [0.1, 0.15) is 11.6 Å². The summed E-state index contributed by atoms with van der Waals surface area (Å²) in [5.74, 6) is 0.619. The molecule has 4 rings (SSSR count). The van der Waals surface area contributed by atoms with Crippen LogP contribution in [-0.4, -0.2) is 46.4 Å². The second kappa shape index (κ2) is 6.79. The minimum atomic E-state index is -0.248. The van der Waals surface area contributed by atoms with Crippen LogP contribution in [0, 0.1) is 0 Å². The lowest BCUT2D eigenvalue weighted by Gasteiger charge is -2.36. The minimum absolute atomic E-state index is 0.000551. The fourth-order valence-electron chi connectivity index (χ4n) is 3.31. The number of pyridine rings is 1. The molecule has 1 atom stereocenters. The van der Waals surface area contributed by atoms with Gasteiger partial charge in [0.25, 0.3) is 5.91 Å². The maximum Gasteiger partial charge on any atom is 0.266 e. The fourth-order valence-corrected chi connectivity index (χ4v) is 4.09. The van der Waals surface area contributed by atoms with E-state index in [1.165, 1.54) is 4.90 Å². The summed E-state index contributed by atoms with van der Waals surface area (Å²) in [6.07, 6.45) is 6.32. The summed E-state index contributed by atoms with van der Waals surface area (Å²) in [6.45, 7) is 0.604. The molecule has 2 aromatic heterocycles. The van der Waals surface area contributed by atoms with E-state index in [1.807, 2.05) is 10.3 Å². The Kier molecular flexibility index (Phi) is 4.35. The summed E-state index contributed by atoms with van der Waals surface area (Å²) in [4.78, 5) is 37.1. The molecule has 130 valence electrons. The van der Waals surface area contributed by atoms with E-state index in [2.05, 4.69) is 9.97 Å². The Morgan fingerprint density at radius 1 is 1.32 bits per heavy atom. The number of likely N-dealkylation sites (tertiary alicyclic amines) is 1. The van der Waals surface area contributed by atoms with Gasteiger partial charge in [-0.3, -0.25) is 14.5 Å². The Hall–Kier alpha value is -2.48. The number of hydrogen-bond acceptors (Lipinski definition) is 6. The molecule has 0 N–H and O–H groups in total. The molecule has 0 saturated carbocycles. The molecule has 2 aliphatic rings. The molecule has 2 aromatic rings. The van der Waals surface area contributed by atoms with E-state index in [0.717, 1.165) is 24.3 Å². The van der Waals surface area contributed by atoms with Crippen LogP contribution < -0.4 is 9.64 Å². The van der Waals surface area contributed by atoms with Crippen LogP contribution in [0.3, 0.4) is 0 Å². The molecule has 1 saturated heterocycles. The number of rotatable bonds is 3. The van der Waals surface area contributed by atoms with Crippen LogP contribution in [0.25, 0.3) is 0 Å². The number of ether oxygens (including phenoxy) is 1. The molecule has 0 aromatic carbocycles. The molecule has 0 aliphatic carbocycles. The highest BCUT2D eigenvalue weighted by Gasteiger charge is 2.34. The van der Waals surface area contributed by atoms with E-state index in [9.17, 15) is 9.59 Å². The lowest BCUT2D eigenvalue weighted by atomic mass is 10.0. The van der Waals surface area contributed by atoms with Gasteiger partial charge < -0.3 is 9.64 Å². The number of anilines is 1. The average Bonchev–Trinajstić information content (AvgIpc) is 3.18. The summed E-state index contributed by atoms with van der Waals surface area (Å²) >= 11 is 1.57. The summed E-state index contributed by atoms with van der Waals surface area (Å²) in [5, 5.41) is 2.89. The van der Waals surface area contributed by atoms with E-state index in [0.29, 0.717) is 18.1 Å². The Morgan fingerprint density at radius 3 is 3.08 bits per heavy atom. The van der Waals surface area contributed by atoms with Gasteiger partial charge in [-0.2, -0.15) is 0 Å². The first kappa shape index (κ1) is 16.0. The maximum atomic E-state index is 13.0. The van der Waals surface area contributed by atoms with Gasteiger partial charge in [-0.1, -0.05) is 0 Å². The number of thiazole rings is 1. The lowest BCUT2D eigenvalue weighted by Crippen LogP contribution is -2.48. The van der Waals surface area contributed by atoms with E-state index < -0.39 is 0 Å². The molecule has 0 unspecified atom stereocenters. The smallest absolute Gasteiger partial charge is 0.266 e. The Bertz CT molecular complexity index is 780. The second-order valence-electron chi connectivity index (χ2n) is 6.06. The van der Waals surface area contributed by atoms with Gasteiger partial charge in [0.2, 0.25) is 5.91 Å². The number of fused-ring (bicyclic) bond motifs is 1. The van der Waals surface area contributed by atoms with Crippen molar-refractivity contribution in [2.24, 2.45) is 0 Å². The molecule has 2 amide bonds. The van der Waals surface area contributed by atoms with Crippen molar-refractivity contribution in [2.45, 2.75) is 25.3 Å². The van der Waals surface area contributed by atoms with Gasteiger partial charge in [0.15, 0.2) is 18.2 Å². The van der Waals surface area contributed by atoms with E-state index in [4.69, 9.17) is 4.74 Å². The van der Waals surface area contributed by atoms with Gasteiger partial charge in [0.05, 0.1) is 6.04 Å². The number of hydrogen-bond donors (Lipinski definition) is 0. The van der Waals surface area contributed by atoms with Gasteiger partial charge in [-0.05, 0) is 31.4 Å². The Morgan fingerprint density at radius 2 is 2.24 bits per heavy atom. The third-order valence-electron chi connectivity index (χ3n) is 4.51. The number of carbonyl (C=O) groups excluding carboxylic acids is 2. The highest BCUT2D eigenvalue weighted by Crippen LogP contribution is 2.33. The summed E-state index contributed by atoms with van der Waals surface area (Å²) in [6, 6.07) is 3.50. The normalized spacial score (nSPS) is 20.2. The molecular formula is C17H18N4O3S. The third kappa shape index (κ3) is 3.09. The zero-order valence-electron chi connectivity index (χ0n) is 13.6. The molecule has 1 fully saturated rings. The highest BCUT2D eigenvalue weighted by molar-refractivity contribution is 7.09. The van der Waals surface area contributed by atoms with Crippen LogP contribution in [0.5, 0.6) is 5.75 Å². The molecule has 25 heavy (non-hydrogen) atoms. The molecule has 0 spiro atoms. The van der Waals surface area contributed by atoms with Crippen molar-refractivity contribution in [3.8, 4) is 5.75 Å². The third-order valence-corrected chi connectivity index (χ3v) is 5.39. The summed E-state index contributed by atoms with van der Waals surface area (Å²) in [7, 11) is 0. The van der Waals surface area contributed by atoms with Gasteiger partial charge >= 0.3 is 0 Å². The number of carbonyl (C=O) groups is 2. The first-order valence-electron chi connectivity index (χ1n) is 8.31. The topological polar surface area (TPSA) is 75.6 Å². The lowest BCUT2D eigenvalue weighted by molar-refractivity contribution is -0.135. The van der Waals surface area contributed by atoms with Crippen molar-refractivity contribution in [1.29, 1.82) is 0 Å². The predicted molar refractivity (Wildman–Crippen MR) is 92.5 cm³/mol. The number of nitrogens with zero attached hydrogens (tertiary/aromatic N) is 4. The molecule has 2 aliphatic heterocycles. The molecular weight excluding hydrogens is 340 g/mol. The monoisotopic (exact) mass is 358 g/mol. The first-order valence-corrected chi connectivity index (χ1v) is 9.19. The van der Waals surface area contributed by atoms with Gasteiger partial charge in [-0.25, -0.2) is 9.97 Å². The van der Waals surface area contributed by atoms with Crippen molar-refractivity contribution in [3.05, 3.63) is 34.9 Å². The van der Waals surface area contributed by atoms with Crippen molar-refractivity contribution < 1.29 is 14.3 Å². The molecule has 7 nitrogen and oxygen atoms in total. The highest BCUT2D eigenvalue weighted by atomic mass is 32.1. The second-order valence-corrected chi connectivity index (χ2v) is 6.99. The zero-order chi connectivity index (χ0) is 17.2. The average molecular weight is 358 g/mol. The molecule has 8 heteroatoms.